The second-order valence-electron chi connectivity index (χ2n) is 8.99. The molecule has 2 aromatic carbocycles. The third kappa shape index (κ3) is 5.86. The molecule has 0 aromatic heterocycles. The maximum Gasteiger partial charge on any atom is 0.290 e. The molecule has 0 saturated heterocycles. The van der Waals surface area contributed by atoms with Crippen molar-refractivity contribution in [3.63, 3.8) is 0 Å². The molecular weight excluding hydrogens is 426 g/mol. The van der Waals surface area contributed by atoms with E-state index in [9.17, 15) is 14.7 Å². The first-order valence-electron chi connectivity index (χ1n) is 12.2. The Morgan fingerprint density at radius 3 is 2.24 bits per heavy atom. The van der Waals surface area contributed by atoms with E-state index in [0.717, 1.165) is 42.9 Å². The number of benzene rings is 2. The molecule has 1 amide bonds. The van der Waals surface area contributed by atoms with Crippen LogP contribution in [0.5, 0.6) is 0 Å². The van der Waals surface area contributed by atoms with Crippen LogP contribution in [0.1, 0.15) is 43.9 Å². The number of aryl methyl sites for hydroxylation is 1. The molecule has 6 nitrogen and oxygen atoms in total. The smallest absolute Gasteiger partial charge is 0.290 e. The van der Waals surface area contributed by atoms with Gasteiger partial charge in [-0.2, -0.15) is 0 Å². The fourth-order valence-corrected chi connectivity index (χ4v) is 4.57. The Hall–Kier alpha value is -3.12. The number of carbonyl (C=O) groups excluding carboxylic acids is 2. The van der Waals surface area contributed by atoms with Gasteiger partial charge in [0.1, 0.15) is 0 Å². The summed E-state index contributed by atoms with van der Waals surface area (Å²) in [6, 6.07) is 17.3. The number of hydrogen-bond acceptors (Lipinski definition) is 5. The van der Waals surface area contributed by atoms with Crippen LogP contribution in [0.4, 0.5) is 5.69 Å². The Labute approximate surface area is 203 Å². The van der Waals surface area contributed by atoms with Gasteiger partial charge in [0.25, 0.3) is 5.91 Å². The first-order chi connectivity index (χ1) is 16.4. The molecule has 0 spiro atoms. The predicted octanol–water partition coefficient (Wildman–Crippen LogP) is 4.38. The molecule has 0 bridgehead atoms. The highest BCUT2D eigenvalue weighted by molar-refractivity contribution is 6.09. The maximum atomic E-state index is 13.3. The van der Waals surface area contributed by atoms with Gasteiger partial charge in [-0.05, 0) is 70.6 Å². The molecule has 1 heterocycles. The van der Waals surface area contributed by atoms with Gasteiger partial charge >= 0.3 is 0 Å². The number of amides is 1. The predicted molar refractivity (Wildman–Crippen MR) is 137 cm³/mol. The number of carbonyl (C=O) groups is 2. The summed E-state index contributed by atoms with van der Waals surface area (Å²) in [5.74, 6) is -1.04. The lowest BCUT2D eigenvalue weighted by atomic mass is 9.93. The second-order valence-corrected chi connectivity index (χ2v) is 8.99. The first kappa shape index (κ1) is 25.5. The van der Waals surface area contributed by atoms with Crippen LogP contribution in [-0.4, -0.2) is 66.9 Å². The molecule has 1 aliphatic rings. The molecule has 0 radical (unpaired) electrons. The third-order valence-corrected chi connectivity index (χ3v) is 6.43. The maximum absolute atomic E-state index is 13.3. The van der Waals surface area contributed by atoms with Gasteiger partial charge in [-0.1, -0.05) is 42.5 Å². The number of aliphatic hydroxyl groups excluding tert-OH is 1. The van der Waals surface area contributed by atoms with Gasteiger partial charge in [0, 0.05) is 31.7 Å². The van der Waals surface area contributed by atoms with Gasteiger partial charge in [0.15, 0.2) is 11.5 Å². The summed E-state index contributed by atoms with van der Waals surface area (Å²) in [6.07, 6.45) is 1.57. The summed E-state index contributed by atoms with van der Waals surface area (Å²) in [6.45, 7) is 7.32. The van der Waals surface area contributed by atoms with Gasteiger partial charge in [-0.15, -0.1) is 0 Å². The highest BCUT2D eigenvalue weighted by atomic mass is 16.3. The van der Waals surface area contributed by atoms with E-state index in [0.29, 0.717) is 13.0 Å². The van der Waals surface area contributed by atoms with Crippen molar-refractivity contribution in [2.24, 2.45) is 0 Å². The lowest BCUT2D eigenvalue weighted by Crippen LogP contribution is -2.33. The normalized spacial score (nSPS) is 16.0. The Morgan fingerprint density at radius 1 is 1.00 bits per heavy atom. The monoisotopic (exact) mass is 463 g/mol. The molecule has 2 aromatic rings. The quantitative estimate of drug-likeness (QED) is 0.506. The molecule has 1 aliphatic heterocycles. The van der Waals surface area contributed by atoms with Gasteiger partial charge in [0.05, 0.1) is 11.6 Å². The Bertz CT molecular complexity index is 995. The number of hydrogen-bond donors (Lipinski definition) is 1. The summed E-state index contributed by atoms with van der Waals surface area (Å²) in [4.78, 5) is 32.4. The molecule has 182 valence electrons. The second kappa shape index (κ2) is 11.8. The summed E-state index contributed by atoms with van der Waals surface area (Å²) in [7, 11) is 3.98. The van der Waals surface area contributed by atoms with Crippen molar-refractivity contribution in [2.45, 2.75) is 39.2 Å². The minimum atomic E-state index is -0.566. The summed E-state index contributed by atoms with van der Waals surface area (Å²) >= 11 is 0. The average Bonchev–Trinajstić information content (AvgIpc) is 3.09. The van der Waals surface area contributed by atoms with E-state index in [1.807, 2.05) is 68.7 Å². The zero-order valence-corrected chi connectivity index (χ0v) is 20.8. The van der Waals surface area contributed by atoms with Crippen LogP contribution in [0.15, 0.2) is 65.9 Å². The van der Waals surface area contributed by atoms with Crippen molar-refractivity contribution >= 4 is 17.4 Å². The van der Waals surface area contributed by atoms with Crippen molar-refractivity contribution in [3.8, 4) is 0 Å². The number of aliphatic hydroxyl groups is 1. The third-order valence-electron chi connectivity index (χ3n) is 6.43. The van der Waals surface area contributed by atoms with Crippen LogP contribution in [0.2, 0.25) is 0 Å². The van der Waals surface area contributed by atoms with Crippen LogP contribution in [-0.2, 0) is 16.0 Å². The van der Waals surface area contributed by atoms with Crippen molar-refractivity contribution in [2.75, 3.05) is 45.2 Å². The van der Waals surface area contributed by atoms with E-state index in [2.05, 4.69) is 23.6 Å². The van der Waals surface area contributed by atoms with Crippen LogP contribution >= 0.6 is 0 Å². The fourth-order valence-electron chi connectivity index (χ4n) is 4.57. The molecule has 0 saturated carbocycles. The molecular formula is C28H37N3O3. The SMILES string of the molecule is CCN(CC)c1ccc(C2C(C(=O)CCc3ccccc3)=C(O)C(=O)N2CCCN(C)C)cc1. The number of rotatable bonds is 12. The lowest BCUT2D eigenvalue weighted by molar-refractivity contribution is -0.129. The molecule has 1 N–H and O–H groups in total. The molecule has 6 heteroatoms. The zero-order chi connectivity index (χ0) is 24.7. The van der Waals surface area contributed by atoms with Crippen molar-refractivity contribution in [1.82, 2.24) is 9.80 Å². The number of anilines is 1. The van der Waals surface area contributed by atoms with Crippen LogP contribution < -0.4 is 4.90 Å². The van der Waals surface area contributed by atoms with Crippen molar-refractivity contribution in [3.05, 3.63) is 77.1 Å². The van der Waals surface area contributed by atoms with Gasteiger partial charge in [0.2, 0.25) is 0 Å². The van der Waals surface area contributed by atoms with Crippen LogP contribution in [0.25, 0.3) is 0 Å². The number of ketones is 1. The van der Waals surface area contributed by atoms with E-state index in [-0.39, 0.29) is 17.8 Å². The zero-order valence-electron chi connectivity index (χ0n) is 20.8. The lowest BCUT2D eigenvalue weighted by Gasteiger charge is -2.28. The Kier molecular flexibility index (Phi) is 8.88. The van der Waals surface area contributed by atoms with Gasteiger partial charge in [-0.25, -0.2) is 0 Å². The topological polar surface area (TPSA) is 64.1 Å². The molecule has 0 aliphatic carbocycles. The summed E-state index contributed by atoms with van der Waals surface area (Å²) in [5, 5.41) is 10.8. The number of Topliss-reactive ketones (excluding diaryl/α,β-unsaturated/α-hetero) is 1. The minimum Gasteiger partial charge on any atom is -0.503 e. The summed E-state index contributed by atoms with van der Waals surface area (Å²) < 4.78 is 0. The summed E-state index contributed by atoms with van der Waals surface area (Å²) in [5.41, 5.74) is 3.23. The van der Waals surface area contributed by atoms with E-state index >= 15 is 0 Å². The Balaban J connectivity index is 1.89. The Morgan fingerprint density at radius 2 is 1.65 bits per heavy atom. The highest BCUT2D eigenvalue weighted by Crippen LogP contribution is 2.39. The molecule has 34 heavy (non-hydrogen) atoms. The van der Waals surface area contributed by atoms with E-state index in [1.54, 1.807) is 4.90 Å². The van der Waals surface area contributed by atoms with E-state index < -0.39 is 17.7 Å². The van der Waals surface area contributed by atoms with Gasteiger partial charge < -0.3 is 19.8 Å². The molecule has 1 atom stereocenters. The largest absolute Gasteiger partial charge is 0.503 e. The van der Waals surface area contributed by atoms with Crippen LogP contribution in [0.3, 0.4) is 0 Å². The minimum absolute atomic E-state index is 0.178. The fraction of sp³-hybridized carbons (Fsp3) is 0.429. The average molecular weight is 464 g/mol. The van der Waals surface area contributed by atoms with E-state index in [1.165, 1.54) is 0 Å². The molecule has 0 fully saturated rings. The number of nitrogens with zero attached hydrogens (tertiary/aromatic N) is 3. The standard InChI is InChI=1S/C28H37N3O3/c1-5-30(6-2)23-16-14-22(15-17-23)26-25(24(32)18-13-21-11-8-7-9-12-21)27(33)28(34)31(26)20-10-19-29(3)4/h7-9,11-12,14-17,26,33H,5-6,10,13,18-20H2,1-4H3. The van der Waals surface area contributed by atoms with E-state index in [4.69, 9.17) is 0 Å². The molecule has 3 rings (SSSR count). The van der Waals surface area contributed by atoms with Crippen molar-refractivity contribution in [1.29, 1.82) is 0 Å². The van der Waals surface area contributed by atoms with Crippen molar-refractivity contribution < 1.29 is 14.7 Å². The van der Waals surface area contributed by atoms with Crippen LogP contribution in [0, 0.1) is 0 Å². The first-order valence-corrected chi connectivity index (χ1v) is 12.2. The molecule has 1 unspecified atom stereocenters. The van der Waals surface area contributed by atoms with Gasteiger partial charge in [-0.3, -0.25) is 9.59 Å². The highest BCUT2D eigenvalue weighted by Gasteiger charge is 2.42.